The summed E-state index contributed by atoms with van der Waals surface area (Å²) >= 11 is 0. The third kappa shape index (κ3) is 3.19. The van der Waals surface area contributed by atoms with Crippen LogP contribution in [0.5, 0.6) is 0 Å². The fraction of sp³-hybridized carbons (Fsp3) is 0.250. The molecule has 0 aliphatic heterocycles. The Kier molecular flexibility index (Phi) is 4.67. The molecule has 24 heavy (non-hydrogen) atoms. The topological polar surface area (TPSA) is 54.3 Å². The summed E-state index contributed by atoms with van der Waals surface area (Å²) in [4.78, 5) is 12.6. The van der Waals surface area contributed by atoms with Crippen LogP contribution in [0.15, 0.2) is 60.8 Å². The van der Waals surface area contributed by atoms with Crippen molar-refractivity contribution in [3.05, 3.63) is 71.9 Å². The maximum absolute atomic E-state index is 12.6. The first kappa shape index (κ1) is 16.3. The summed E-state index contributed by atoms with van der Waals surface area (Å²) in [6, 6.07) is 17.2. The van der Waals surface area contributed by atoms with E-state index in [1.54, 1.807) is 0 Å². The first-order valence-electron chi connectivity index (χ1n) is 8.17. The predicted octanol–water partition coefficient (Wildman–Crippen LogP) is 3.69. The van der Waals surface area contributed by atoms with Crippen molar-refractivity contribution < 1.29 is 9.90 Å². The number of aliphatic hydroxyl groups excluding tert-OH is 1. The van der Waals surface area contributed by atoms with Crippen molar-refractivity contribution in [2.75, 3.05) is 6.61 Å². The minimum atomic E-state index is -0.411. The van der Waals surface area contributed by atoms with Crippen LogP contribution >= 0.6 is 0 Å². The van der Waals surface area contributed by atoms with Gasteiger partial charge in [0, 0.05) is 23.3 Å². The van der Waals surface area contributed by atoms with E-state index in [1.807, 2.05) is 54.7 Å². The second-order valence-corrected chi connectivity index (χ2v) is 6.21. The van der Waals surface area contributed by atoms with Crippen LogP contribution in [-0.4, -0.2) is 22.2 Å². The van der Waals surface area contributed by atoms with E-state index in [-0.39, 0.29) is 12.5 Å². The van der Waals surface area contributed by atoms with Gasteiger partial charge >= 0.3 is 0 Å². The average Bonchev–Trinajstić information content (AvgIpc) is 3.03. The van der Waals surface area contributed by atoms with Crippen molar-refractivity contribution in [1.82, 2.24) is 9.88 Å². The standard InChI is InChI=1S/C20H22N2O2/c1-14(2)22-11-10-16-8-9-17(12-19(16)22)20(24)21-18(13-23)15-6-4-3-5-7-15/h3-12,14,18,23H,13H2,1-2H3,(H,21,24)/t18-/m1/s1. The van der Waals surface area contributed by atoms with Gasteiger partial charge in [-0.05, 0) is 43.0 Å². The fourth-order valence-corrected chi connectivity index (χ4v) is 2.90. The number of carbonyl (C=O) groups is 1. The molecule has 0 saturated heterocycles. The van der Waals surface area contributed by atoms with Gasteiger partial charge in [0.2, 0.25) is 0 Å². The third-order valence-corrected chi connectivity index (χ3v) is 4.23. The molecule has 0 unspecified atom stereocenters. The molecule has 3 aromatic rings. The molecule has 3 rings (SSSR count). The van der Waals surface area contributed by atoms with E-state index in [2.05, 4.69) is 29.8 Å². The summed E-state index contributed by atoms with van der Waals surface area (Å²) < 4.78 is 2.15. The summed E-state index contributed by atoms with van der Waals surface area (Å²) in [7, 11) is 0. The Bertz CT molecular complexity index is 837. The summed E-state index contributed by atoms with van der Waals surface area (Å²) in [5, 5.41) is 13.6. The van der Waals surface area contributed by atoms with Gasteiger partial charge in [0.25, 0.3) is 5.91 Å². The first-order chi connectivity index (χ1) is 11.6. The highest BCUT2D eigenvalue weighted by Crippen LogP contribution is 2.22. The number of amides is 1. The van der Waals surface area contributed by atoms with Crippen LogP contribution in [0.4, 0.5) is 0 Å². The minimum Gasteiger partial charge on any atom is -0.394 e. The Morgan fingerprint density at radius 2 is 1.88 bits per heavy atom. The second-order valence-electron chi connectivity index (χ2n) is 6.21. The van der Waals surface area contributed by atoms with Gasteiger partial charge in [0.05, 0.1) is 12.6 Å². The zero-order valence-electron chi connectivity index (χ0n) is 13.9. The normalized spacial score (nSPS) is 12.5. The molecule has 1 atom stereocenters. The molecule has 2 aromatic carbocycles. The molecule has 0 aliphatic rings. The third-order valence-electron chi connectivity index (χ3n) is 4.23. The monoisotopic (exact) mass is 322 g/mol. The van der Waals surface area contributed by atoms with E-state index in [0.717, 1.165) is 16.5 Å². The highest BCUT2D eigenvalue weighted by Gasteiger charge is 2.16. The molecular weight excluding hydrogens is 300 g/mol. The molecule has 0 radical (unpaired) electrons. The lowest BCUT2D eigenvalue weighted by Crippen LogP contribution is -2.30. The Hall–Kier alpha value is -2.59. The highest BCUT2D eigenvalue weighted by atomic mass is 16.3. The fourth-order valence-electron chi connectivity index (χ4n) is 2.90. The Morgan fingerprint density at radius 3 is 2.54 bits per heavy atom. The number of rotatable bonds is 5. The van der Waals surface area contributed by atoms with Gasteiger partial charge in [0.1, 0.15) is 0 Å². The predicted molar refractivity (Wildman–Crippen MR) is 96.1 cm³/mol. The summed E-state index contributed by atoms with van der Waals surface area (Å²) in [6.07, 6.45) is 2.04. The molecule has 1 heterocycles. The Balaban J connectivity index is 1.86. The number of hydrogen-bond acceptors (Lipinski definition) is 2. The number of benzene rings is 2. The zero-order valence-corrected chi connectivity index (χ0v) is 13.9. The van der Waals surface area contributed by atoms with Crippen molar-refractivity contribution in [2.24, 2.45) is 0 Å². The van der Waals surface area contributed by atoms with Crippen LogP contribution in [0.3, 0.4) is 0 Å². The number of aliphatic hydroxyl groups is 1. The molecule has 4 heteroatoms. The van der Waals surface area contributed by atoms with Crippen molar-refractivity contribution >= 4 is 16.8 Å². The average molecular weight is 322 g/mol. The van der Waals surface area contributed by atoms with Gasteiger partial charge in [0.15, 0.2) is 0 Å². The summed E-state index contributed by atoms with van der Waals surface area (Å²) in [6.45, 7) is 4.09. The van der Waals surface area contributed by atoms with Crippen molar-refractivity contribution in [3.63, 3.8) is 0 Å². The van der Waals surface area contributed by atoms with E-state index in [4.69, 9.17) is 0 Å². The Labute approximate surface area is 141 Å². The lowest BCUT2D eigenvalue weighted by molar-refractivity contribution is 0.0916. The molecule has 0 aliphatic carbocycles. The van der Waals surface area contributed by atoms with Crippen LogP contribution in [-0.2, 0) is 0 Å². The van der Waals surface area contributed by atoms with E-state index in [9.17, 15) is 9.90 Å². The number of carbonyl (C=O) groups excluding carboxylic acids is 1. The molecule has 2 N–H and O–H groups in total. The van der Waals surface area contributed by atoms with Crippen molar-refractivity contribution in [3.8, 4) is 0 Å². The van der Waals surface area contributed by atoms with Gasteiger partial charge in [-0.15, -0.1) is 0 Å². The summed E-state index contributed by atoms with van der Waals surface area (Å²) in [5.41, 5.74) is 2.52. The molecule has 1 amide bonds. The first-order valence-corrected chi connectivity index (χ1v) is 8.17. The summed E-state index contributed by atoms with van der Waals surface area (Å²) in [5.74, 6) is -0.184. The lowest BCUT2D eigenvalue weighted by atomic mass is 10.1. The maximum atomic E-state index is 12.6. The highest BCUT2D eigenvalue weighted by molar-refractivity contribution is 5.98. The van der Waals surface area contributed by atoms with Crippen LogP contribution in [0.25, 0.3) is 10.9 Å². The molecule has 0 saturated carbocycles. The van der Waals surface area contributed by atoms with Gasteiger partial charge in [-0.2, -0.15) is 0 Å². The van der Waals surface area contributed by atoms with Crippen LogP contribution < -0.4 is 5.32 Å². The van der Waals surface area contributed by atoms with Gasteiger partial charge in [-0.3, -0.25) is 4.79 Å². The van der Waals surface area contributed by atoms with Crippen LogP contribution in [0, 0.1) is 0 Å². The van der Waals surface area contributed by atoms with E-state index in [1.165, 1.54) is 0 Å². The van der Waals surface area contributed by atoms with E-state index in [0.29, 0.717) is 11.6 Å². The number of aromatic nitrogens is 1. The second kappa shape index (κ2) is 6.89. The quantitative estimate of drug-likeness (QED) is 0.753. The number of nitrogens with one attached hydrogen (secondary N) is 1. The number of fused-ring (bicyclic) bond motifs is 1. The van der Waals surface area contributed by atoms with Crippen LogP contribution in [0.1, 0.15) is 41.9 Å². The maximum Gasteiger partial charge on any atom is 0.251 e. The number of nitrogens with zero attached hydrogens (tertiary/aromatic N) is 1. The van der Waals surface area contributed by atoms with Gasteiger partial charge < -0.3 is 15.0 Å². The number of hydrogen-bond donors (Lipinski definition) is 2. The Morgan fingerprint density at radius 1 is 1.12 bits per heavy atom. The molecule has 1 aromatic heterocycles. The molecule has 0 spiro atoms. The SMILES string of the molecule is CC(C)n1ccc2ccc(C(=O)N[C@H](CO)c3ccccc3)cc21. The van der Waals surface area contributed by atoms with Gasteiger partial charge in [-0.25, -0.2) is 0 Å². The van der Waals surface area contributed by atoms with Crippen LogP contribution in [0.2, 0.25) is 0 Å². The van der Waals surface area contributed by atoms with Crippen molar-refractivity contribution in [2.45, 2.75) is 25.9 Å². The largest absolute Gasteiger partial charge is 0.394 e. The minimum absolute atomic E-state index is 0.139. The molecular formula is C20H22N2O2. The molecule has 0 bridgehead atoms. The smallest absolute Gasteiger partial charge is 0.251 e. The van der Waals surface area contributed by atoms with E-state index >= 15 is 0 Å². The molecule has 0 fully saturated rings. The molecule has 124 valence electrons. The van der Waals surface area contributed by atoms with Gasteiger partial charge in [-0.1, -0.05) is 36.4 Å². The molecule has 4 nitrogen and oxygen atoms in total. The van der Waals surface area contributed by atoms with Crippen molar-refractivity contribution in [1.29, 1.82) is 0 Å². The van der Waals surface area contributed by atoms with E-state index < -0.39 is 6.04 Å². The zero-order chi connectivity index (χ0) is 17.1. The lowest BCUT2D eigenvalue weighted by Gasteiger charge is -2.17.